The summed E-state index contributed by atoms with van der Waals surface area (Å²) in [5, 5.41) is 0. The van der Waals surface area contributed by atoms with Gasteiger partial charge in [-0.1, -0.05) is 0 Å². The molecule has 4 heteroatoms. The van der Waals surface area contributed by atoms with Gasteiger partial charge in [-0.25, -0.2) is 0 Å². The lowest BCUT2D eigenvalue weighted by atomic mass is 10.2. The molecule has 0 spiro atoms. The molecule has 0 radical (unpaired) electrons. The number of anilines is 1. The van der Waals surface area contributed by atoms with E-state index in [1.165, 1.54) is 6.07 Å². The second-order valence-corrected chi connectivity index (χ2v) is 2.25. The van der Waals surface area contributed by atoms with Crippen LogP contribution in [0.1, 0.15) is 16.1 Å². The van der Waals surface area contributed by atoms with Gasteiger partial charge in [-0.3, -0.25) is 9.59 Å². The Kier molecular flexibility index (Phi) is 1.76. The number of rotatable bonds is 1. The summed E-state index contributed by atoms with van der Waals surface area (Å²) >= 11 is 0. The van der Waals surface area contributed by atoms with Crippen LogP contribution in [0.25, 0.3) is 0 Å². The summed E-state index contributed by atoms with van der Waals surface area (Å²) in [6.45, 7) is 1.64. The molecular formula is C7H8N2O2. The van der Waals surface area contributed by atoms with E-state index < -0.39 is 0 Å². The van der Waals surface area contributed by atoms with E-state index >= 15 is 0 Å². The number of carbonyl (C=O) groups excluding carboxylic acids is 1. The number of pyridine rings is 1. The third-order valence-corrected chi connectivity index (χ3v) is 1.43. The molecule has 58 valence electrons. The zero-order valence-electron chi connectivity index (χ0n) is 6.05. The van der Waals surface area contributed by atoms with Crippen LogP contribution < -0.4 is 11.3 Å². The maximum Gasteiger partial charge on any atom is 0.271 e. The zero-order valence-corrected chi connectivity index (χ0v) is 6.05. The van der Waals surface area contributed by atoms with E-state index in [0.717, 1.165) is 0 Å². The number of carbonyl (C=O) groups is 1. The summed E-state index contributed by atoms with van der Waals surface area (Å²) < 4.78 is 0. The lowest BCUT2D eigenvalue weighted by Gasteiger charge is -1.97. The predicted molar refractivity (Wildman–Crippen MR) is 41.6 cm³/mol. The fraction of sp³-hybridized carbons (Fsp3) is 0.143. The van der Waals surface area contributed by atoms with Crippen LogP contribution >= 0.6 is 0 Å². The topological polar surface area (TPSA) is 75.9 Å². The molecule has 0 aliphatic rings. The van der Waals surface area contributed by atoms with Crippen molar-refractivity contribution in [3.05, 3.63) is 27.7 Å². The smallest absolute Gasteiger partial charge is 0.271 e. The van der Waals surface area contributed by atoms with Gasteiger partial charge in [-0.05, 0) is 13.0 Å². The Morgan fingerprint density at radius 2 is 2.27 bits per heavy atom. The van der Waals surface area contributed by atoms with Crippen molar-refractivity contribution in [1.29, 1.82) is 0 Å². The Labute approximate surface area is 63.0 Å². The molecule has 0 atom stereocenters. The van der Waals surface area contributed by atoms with Crippen molar-refractivity contribution in [2.24, 2.45) is 0 Å². The number of aromatic nitrogens is 1. The molecule has 0 aliphatic heterocycles. The minimum atomic E-state index is -0.354. The minimum Gasteiger partial charge on any atom is -0.394 e. The minimum absolute atomic E-state index is 0.0673. The van der Waals surface area contributed by atoms with Gasteiger partial charge in [0, 0.05) is 11.3 Å². The van der Waals surface area contributed by atoms with Gasteiger partial charge in [-0.15, -0.1) is 0 Å². The summed E-state index contributed by atoms with van der Waals surface area (Å²) in [4.78, 5) is 23.6. The highest BCUT2D eigenvalue weighted by atomic mass is 16.1. The second-order valence-electron chi connectivity index (χ2n) is 2.25. The molecule has 0 amide bonds. The van der Waals surface area contributed by atoms with Crippen LogP contribution in [0.4, 0.5) is 5.69 Å². The Morgan fingerprint density at radius 3 is 2.82 bits per heavy atom. The van der Waals surface area contributed by atoms with Crippen molar-refractivity contribution < 1.29 is 4.79 Å². The Balaban J connectivity index is 3.43. The number of hydrogen-bond acceptors (Lipinski definition) is 3. The van der Waals surface area contributed by atoms with Crippen LogP contribution in [0.5, 0.6) is 0 Å². The van der Waals surface area contributed by atoms with Crippen molar-refractivity contribution in [2.75, 3.05) is 5.73 Å². The van der Waals surface area contributed by atoms with Gasteiger partial charge in [0.15, 0.2) is 6.29 Å². The number of hydrogen-bond donors (Lipinski definition) is 2. The first-order valence-electron chi connectivity index (χ1n) is 3.09. The summed E-state index contributed by atoms with van der Waals surface area (Å²) in [7, 11) is 0. The maximum atomic E-state index is 10.8. The number of H-pyrrole nitrogens is 1. The largest absolute Gasteiger partial charge is 0.394 e. The fourth-order valence-corrected chi connectivity index (χ4v) is 0.778. The lowest BCUT2D eigenvalue weighted by Crippen LogP contribution is -2.13. The average molecular weight is 152 g/mol. The first-order valence-corrected chi connectivity index (χ1v) is 3.09. The van der Waals surface area contributed by atoms with Crippen molar-refractivity contribution in [3.63, 3.8) is 0 Å². The standard InChI is InChI=1S/C7H8N2O2/c1-4-5(3-10)2-6(8)7(11)9-4/h2-3H,8H2,1H3,(H,9,11). The maximum absolute atomic E-state index is 10.8. The average Bonchev–Trinajstić information content (AvgIpc) is 1.97. The number of nitrogens with two attached hydrogens (primary N) is 1. The van der Waals surface area contributed by atoms with Crippen molar-refractivity contribution in [1.82, 2.24) is 4.98 Å². The van der Waals surface area contributed by atoms with Crippen molar-refractivity contribution >= 4 is 12.0 Å². The molecule has 4 nitrogen and oxygen atoms in total. The molecule has 3 N–H and O–H groups in total. The van der Waals surface area contributed by atoms with E-state index in [2.05, 4.69) is 4.98 Å². The molecule has 1 aromatic heterocycles. The molecule has 0 saturated carbocycles. The Bertz CT molecular complexity index is 341. The zero-order chi connectivity index (χ0) is 8.43. The molecule has 1 rings (SSSR count). The molecule has 0 aromatic carbocycles. The van der Waals surface area contributed by atoms with Gasteiger partial charge >= 0.3 is 0 Å². The fourth-order valence-electron chi connectivity index (χ4n) is 0.778. The number of aryl methyl sites for hydroxylation is 1. The van der Waals surface area contributed by atoms with Crippen LogP contribution in [0, 0.1) is 6.92 Å². The van der Waals surface area contributed by atoms with E-state index in [1.807, 2.05) is 0 Å². The van der Waals surface area contributed by atoms with Crippen LogP contribution in [-0.2, 0) is 0 Å². The highest BCUT2D eigenvalue weighted by Gasteiger charge is 2.00. The van der Waals surface area contributed by atoms with E-state index in [-0.39, 0.29) is 11.2 Å². The van der Waals surface area contributed by atoms with Crippen LogP contribution in [-0.4, -0.2) is 11.3 Å². The number of aldehydes is 1. The van der Waals surface area contributed by atoms with E-state index in [4.69, 9.17) is 5.73 Å². The van der Waals surface area contributed by atoms with Gasteiger partial charge in [0.1, 0.15) is 0 Å². The summed E-state index contributed by atoms with van der Waals surface area (Å²) in [5.74, 6) is 0. The van der Waals surface area contributed by atoms with Crippen molar-refractivity contribution in [2.45, 2.75) is 6.92 Å². The van der Waals surface area contributed by atoms with Crippen LogP contribution in [0.15, 0.2) is 10.9 Å². The van der Waals surface area contributed by atoms with Crippen LogP contribution in [0.3, 0.4) is 0 Å². The predicted octanol–water partition coefficient (Wildman–Crippen LogP) is 0.0780. The highest BCUT2D eigenvalue weighted by molar-refractivity contribution is 5.77. The molecule has 0 saturated heterocycles. The molecule has 0 fully saturated rings. The van der Waals surface area contributed by atoms with E-state index in [1.54, 1.807) is 6.92 Å². The third-order valence-electron chi connectivity index (χ3n) is 1.43. The molecule has 11 heavy (non-hydrogen) atoms. The molecule has 0 unspecified atom stereocenters. The van der Waals surface area contributed by atoms with Crippen molar-refractivity contribution in [3.8, 4) is 0 Å². The number of nitrogens with one attached hydrogen (secondary N) is 1. The summed E-state index contributed by atoms with van der Waals surface area (Å²) in [6.07, 6.45) is 0.654. The highest BCUT2D eigenvalue weighted by Crippen LogP contribution is 2.01. The lowest BCUT2D eigenvalue weighted by molar-refractivity contribution is 0.112. The quantitative estimate of drug-likeness (QED) is 0.559. The first-order chi connectivity index (χ1) is 5.15. The van der Waals surface area contributed by atoms with Crippen LogP contribution in [0.2, 0.25) is 0 Å². The summed E-state index contributed by atoms with van der Waals surface area (Å²) in [5.41, 5.74) is 5.94. The van der Waals surface area contributed by atoms with E-state index in [9.17, 15) is 9.59 Å². The Morgan fingerprint density at radius 1 is 1.64 bits per heavy atom. The summed E-state index contributed by atoms with van der Waals surface area (Å²) in [6, 6.07) is 1.36. The second kappa shape index (κ2) is 2.57. The molecule has 1 aromatic rings. The third kappa shape index (κ3) is 1.29. The van der Waals surface area contributed by atoms with Gasteiger partial charge in [-0.2, -0.15) is 0 Å². The van der Waals surface area contributed by atoms with Gasteiger partial charge in [0.25, 0.3) is 5.56 Å². The van der Waals surface area contributed by atoms with Gasteiger partial charge in [0.2, 0.25) is 0 Å². The normalized spacial score (nSPS) is 9.55. The monoisotopic (exact) mass is 152 g/mol. The molecule has 1 heterocycles. The number of aromatic amines is 1. The molecular weight excluding hydrogens is 144 g/mol. The van der Waals surface area contributed by atoms with E-state index in [0.29, 0.717) is 17.5 Å². The molecule has 0 bridgehead atoms. The number of nitrogen functional groups attached to an aromatic ring is 1. The SMILES string of the molecule is Cc1[nH]c(=O)c(N)cc1C=O. The first kappa shape index (κ1) is 7.53. The van der Waals surface area contributed by atoms with Gasteiger partial charge in [0.05, 0.1) is 5.69 Å². The molecule has 0 aliphatic carbocycles. The van der Waals surface area contributed by atoms with Gasteiger partial charge < -0.3 is 10.7 Å². The Hall–Kier alpha value is -1.58.